The molecule has 0 radical (unpaired) electrons. The van der Waals surface area contributed by atoms with Crippen molar-refractivity contribution in [2.24, 2.45) is 5.92 Å². The Labute approximate surface area is 101 Å². The van der Waals surface area contributed by atoms with Gasteiger partial charge in [0.2, 0.25) is 0 Å². The van der Waals surface area contributed by atoms with E-state index in [4.69, 9.17) is 0 Å². The number of aromatic amines is 1. The Balaban J connectivity index is 2.35. The van der Waals surface area contributed by atoms with Crippen molar-refractivity contribution < 1.29 is 0 Å². The lowest BCUT2D eigenvalue weighted by Crippen LogP contribution is -2.17. The maximum Gasteiger partial charge on any atom is 0.270 e. The SMILES string of the molecule is CC(C)Cc1ncc(-c2ccccc2)[nH]c1=O. The summed E-state index contributed by atoms with van der Waals surface area (Å²) in [7, 11) is 0. The van der Waals surface area contributed by atoms with Crippen molar-refractivity contribution in [3.63, 3.8) is 0 Å². The van der Waals surface area contributed by atoms with Crippen LogP contribution < -0.4 is 5.56 Å². The maximum atomic E-state index is 11.8. The van der Waals surface area contributed by atoms with E-state index in [9.17, 15) is 4.79 Å². The molecule has 0 saturated carbocycles. The van der Waals surface area contributed by atoms with Crippen molar-refractivity contribution in [3.05, 3.63) is 52.6 Å². The number of aromatic nitrogens is 2. The molecule has 2 aromatic rings. The molecule has 0 fully saturated rings. The molecule has 0 aliphatic rings. The minimum absolute atomic E-state index is 0.0833. The molecule has 3 nitrogen and oxygen atoms in total. The van der Waals surface area contributed by atoms with Crippen LogP contribution in [0.2, 0.25) is 0 Å². The summed E-state index contributed by atoms with van der Waals surface area (Å²) in [6.45, 7) is 4.15. The van der Waals surface area contributed by atoms with Crippen LogP contribution >= 0.6 is 0 Å². The summed E-state index contributed by atoms with van der Waals surface area (Å²) in [5.41, 5.74) is 2.27. The molecule has 0 atom stereocenters. The smallest absolute Gasteiger partial charge is 0.270 e. The Morgan fingerprint density at radius 1 is 1.24 bits per heavy atom. The summed E-state index contributed by atoms with van der Waals surface area (Å²) in [5.74, 6) is 0.436. The van der Waals surface area contributed by atoms with E-state index in [1.165, 1.54) is 0 Å². The standard InChI is InChI=1S/C14H16N2O/c1-10(2)8-12-14(17)16-13(9-15-12)11-6-4-3-5-7-11/h3-7,9-10H,8H2,1-2H3,(H,16,17). The molecule has 0 aliphatic carbocycles. The number of rotatable bonds is 3. The fraction of sp³-hybridized carbons (Fsp3) is 0.286. The van der Waals surface area contributed by atoms with Crippen LogP contribution in [0, 0.1) is 5.92 Å². The highest BCUT2D eigenvalue weighted by atomic mass is 16.1. The Bertz CT molecular complexity index is 544. The van der Waals surface area contributed by atoms with Gasteiger partial charge in [-0.15, -0.1) is 0 Å². The Morgan fingerprint density at radius 2 is 1.94 bits per heavy atom. The van der Waals surface area contributed by atoms with Gasteiger partial charge in [0, 0.05) is 0 Å². The normalized spacial score (nSPS) is 10.8. The van der Waals surface area contributed by atoms with E-state index < -0.39 is 0 Å². The average Bonchev–Trinajstić information content (AvgIpc) is 2.32. The number of H-pyrrole nitrogens is 1. The van der Waals surface area contributed by atoms with Gasteiger partial charge in [0.1, 0.15) is 5.69 Å². The molecule has 0 amide bonds. The summed E-state index contributed by atoms with van der Waals surface area (Å²) in [5, 5.41) is 0. The summed E-state index contributed by atoms with van der Waals surface area (Å²) < 4.78 is 0. The molecule has 1 aromatic carbocycles. The Hall–Kier alpha value is -1.90. The quantitative estimate of drug-likeness (QED) is 0.877. The number of hydrogen-bond donors (Lipinski definition) is 1. The third kappa shape index (κ3) is 2.81. The van der Waals surface area contributed by atoms with Crippen LogP contribution in [-0.2, 0) is 6.42 Å². The van der Waals surface area contributed by atoms with Crippen LogP contribution in [-0.4, -0.2) is 9.97 Å². The molecule has 0 aliphatic heterocycles. The van der Waals surface area contributed by atoms with Crippen molar-refractivity contribution >= 4 is 0 Å². The second-order valence-corrected chi connectivity index (χ2v) is 4.54. The van der Waals surface area contributed by atoms with Crippen LogP contribution in [0.1, 0.15) is 19.5 Å². The van der Waals surface area contributed by atoms with Crippen LogP contribution in [0.25, 0.3) is 11.3 Å². The molecule has 1 aromatic heterocycles. The first-order chi connectivity index (χ1) is 8.16. The highest BCUT2D eigenvalue weighted by molar-refractivity contribution is 5.57. The topological polar surface area (TPSA) is 45.8 Å². The van der Waals surface area contributed by atoms with Crippen molar-refractivity contribution in [1.82, 2.24) is 9.97 Å². The van der Waals surface area contributed by atoms with Crippen LogP contribution in [0.5, 0.6) is 0 Å². The van der Waals surface area contributed by atoms with E-state index in [-0.39, 0.29) is 5.56 Å². The van der Waals surface area contributed by atoms with Crippen molar-refractivity contribution in [2.45, 2.75) is 20.3 Å². The lowest BCUT2D eigenvalue weighted by molar-refractivity contribution is 0.629. The van der Waals surface area contributed by atoms with E-state index in [2.05, 4.69) is 23.8 Å². The van der Waals surface area contributed by atoms with E-state index in [1.54, 1.807) is 6.20 Å². The molecular weight excluding hydrogens is 212 g/mol. The van der Waals surface area contributed by atoms with Crippen LogP contribution in [0.15, 0.2) is 41.3 Å². The summed E-state index contributed by atoms with van der Waals surface area (Å²) in [4.78, 5) is 19.0. The van der Waals surface area contributed by atoms with Crippen molar-refractivity contribution in [3.8, 4) is 11.3 Å². The second-order valence-electron chi connectivity index (χ2n) is 4.54. The fourth-order valence-corrected chi connectivity index (χ4v) is 1.72. The Kier molecular flexibility index (Phi) is 3.38. The zero-order valence-electron chi connectivity index (χ0n) is 10.1. The van der Waals surface area contributed by atoms with Gasteiger partial charge < -0.3 is 4.98 Å². The van der Waals surface area contributed by atoms with Gasteiger partial charge in [-0.3, -0.25) is 9.78 Å². The molecule has 0 unspecified atom stereocenters. The van der Waals surface area contributed by atoms with Gasteiger partial charge in [-0.1, -0.05) is 44.2 Å². The number of nitrogens with zero attached hydrogens (tertiary/aromatic N) is 1. The fourth-order valence-electron chi connectivity index (χ4n) is 1.72. The molecule has 0 saturated heterocycles. The molecule has 17 heavy (non-hydrogen) atoms. The first kappa shape index (κ1) is 11.6. The largest absolute Gasteiger partial charge is 0.319 e. The second kappa shape index (κ2) is 4.95. The maximum absolute atomic E-state index is 11.8. The summed E-state index contributed by atoms with van der Waals surface area (Å²) in [6.07, 6.45) is 2.44. The minimum Gasteiger partial charge on any atom is -0.319 e. The molecule has 3 heteroatoms. The third-order valence-electron chi connectivity index (χ3n) is 2.55. The van der Waals surface area contributed by atoms with Crippen molar-refractivity contribution in [1.29, 1.82) is 0 Å². The highest BCUT2D eigenvalue weighted by Crippen LogP contribution is 2.13. The first-order valence-electron chi connectivity index (χ1n) is 5.80. The lowest BCUT2D eigenvalue weighted by atomic mass is 10.1. The zero-order valence-corrected chi connectivity index (χ0v) is 10.1. The van der Waals surface area contributed by atoms with Gasteiger partial charge in [-0.05, 0) is 17.9 Å². The highest BCUT2D eigenvalue weighted by Gasteiger charge is 2.06. The zero-order chi connectivity index (χ0) is 12.3. The van der Waals surface area contributed by atoms with E-state index >= 15 is 0 Å². The van der Waals surface area contributed by atoms with Gasteiger partial charge in [0.05, 0.1) is 11.9 Å². The van der Waals surface area contributed by atoms with Gasteiger partial charge >= 0.3 is 0 Å². The summed E-state index contributed by atoms with van der Waals surface area (Å²) >= 11 is 0. The van der Waals surface area contributed by atoms with Gasteiger partial charge in [-0.25, -0.2) is 0 Å². The van der Waals surface area contributed by atoms with Gasteiger partial charge in [0.25, 0.3) is 5.56 Å². The molecule has 1 N–H and O–H groups in total. The lowest BCUT2D eigenvalue weighted by Gasteiger charge is -2.05. The average molecular weight is 228 g/mol. The number of hydrogen-bond acceptors (Lipinski definition) is 2. The van der Waals surface area contributed by atoms with Crippen molar-refractivity contribution in [2.75, 3.05) is 0 Å². The predicted molar refractivity (Wildman–Crippen MR) is 68.8 cm³/mol. The Morgan fingerprint density at radius 3 is 2.53 bits per heavy atom. The molecule has 0 bridgehead atoms. The minimum atomic E-state index is -0.0833. The van der Waals surface area contributed by atoms with Crippen LogP contribution in [0.4, 0.5) is 0 Å². The molecular formula is C14H16N2O. The third-order valence-corrected chi connectivity index (χ3v) is 2.55. The molecule has 88 valence electrons. The number of nitrogens with one attached hydrogen (secondary N) is 1. The van der Waals surface area contributed by atoms with E-state index in [0.717, 1.165) is 11.3 Å². The summed E-state index contributed by atoms with van der Waals surface area (Å²) in [6, 6.07) is 9.73. The molecule has 0 spiro atoms. The van der Waals surface area contributed by atoms with Gasteiger partial charge in [-0.2, -0.15) is 0 Å². The monoisotopic (exact) mass is 228 g/mol. The molecule has 1 heterocycles. The molecule has 2 rings (SSSR count). The predicted octanol–water partition coefficient (Wildman–Crippen LogP) is 2.64. The van der Waals surface area contributed by atoms with E-state index in [1.807, 2.05) is 30.3 Å². The first-order valence-corrected chi connectivity index (χ1v) is 5.80. The van der Waals surface area contributed by atoms with Crippen LogP contribution in [0.3, 0.4) is 0 Å². The van der Waals surface area contributed by atoms with E-state index in [0.29, 0.717) is 18.0 Å². The van der Waals surface area contributed by atoms with Gasteiger partial charge in [0.15, 0.2) is 0 Å². The number of benzene rings is 1.